The molecule has 15 heavy (non-hydrogen) atoms. The lowest BCUT2D eigenvalue weighted by atomic mass is 10.2. The van der Waals surface area contributed by atoms with Gasteiger partial charge >= 0.3 is 0 Å². The van der Waals surface area contributed by atoms with E-state index in [0.29, 0.717) is 6.61 Å². The fourth-order valence-electron chi connectivity index (χ4n) is 1.88. The average Bonchev–Trinajstić information content (AvgIpc) is 2.70. The minimum atomic E-state index is 0.176. The van der Waals surface area contributed by atoms with Crippen LogP contribution in [0.4, 0.5) is 0 Å². The van der Waals surface area contributed by atoms with E-state index >= 15 is 0 Å². The summed E-state index contributed by atoms with van der Waals surface area (Å²) >= 11 is 5.82. The molecule has 1 heterocycles. The summed E-state index contributed by atoms with van der Waals surface area (Å²) in [6, 6.07) is 1.59. The van der Waals surface area contributed by atoms with Crippen LogP contribution in [0, 0.1) is 5.21 Å². The quantitative estimate of drug-likeness (QED) is 0.342. The Morgan fingerprint density at radius 2 is 2.40 bits per heavy atom. The van der Waals surface area contributed by atoms with Crippen molar-refractivity contribution in [1.29, 1.82) is 0 Å². The molecule has 0 radical (unpaired) electrons. The predicted octanol–water partition coefficient (Wildman–Crippen LogP) is 2.03. The molecule has 0 unspecified atom stereocenters. The van der Waals surface area contributed by atoms with Crippen molar-refractivity contribution >= 4 is 11.6 Å². The van der Waals surface area contributed by atoms with E-state index in [1.807, 2.05) is 0 Å². The summed E-state index contributed by atoms with van der Waals surface area (Å²) in [4.78, 5) is 0. The van der Waals surface area contributed by atoms with E-state index in [-0.39, 0.29) is 5.15 Å². The maximum absolute atomic E-state index is 11.6. The third-order valence-electron chi connectivity index (χ3n) is 2.53. The van der Waals surface area contributed by atoms with E-state index in [1.165, 1.54) is 0 Å². The zero-order valence-electron chi connectivity index (χ0n) is 8.33. The molecule has 0 aromatic carbocycles. The highest BCUT2D eigenvalue weighted by Crippen LogP contribution is 2.30. The normalized spacial score (nSPS) is 13.7. The van der Waals surface area contributed by atoms with Crippen molar-refractivity contribution in [3.05, 3.63) is 40.3 Å². The molecule has 0 fully saturated rings. The standard InChI is InChI=1S/C11H12ClNO2/c1-2-6-15-10-7-11(12)13(14)9-5-3-4-8(9)10/h2,7H,1,3-6H2. The van der Waals surface area contributed by atoms with Crippen molar-refractivity contribution in [2.75, 3.05) is 6.61 Å². The van der Waals surface area contributed by atoms with Crippen LogP contribution in [0.25, 0.3) is 0 Å². The molecule has 1 aromatic rings. The molecule has 0 saturated heterocycles. The minimum absolute atomic E-state index is 0.176. The van der Waals surface area contributed by atoms with Gasteiger partial charge in [0.05, 0.1) is 11.6 Å². The Morgan fingerprint density at radius 1 is 1.60 bits per heavy atom. The number of nitrogens with zero attached hydrogens (tertiary/aromatic N) is 1. The van der Waals surface area contributed by atoms with E-state index in [2.05, 4.69) is 6.58 Å². The lowest BCUT2D eigenvalue weighted by molar-refractivity contribution is -0.611. The zero-order valence-corrected chi connectivity index (χ0v) is 9.09. The molecule has 0 bridgehead atoms. The van der Waals surface area contributed by atoms with Gasteiger partial charge in [0, 0.05) is 6.42 Å². The fourth-order valence-corrected chi connectivity index (χ4v) is 2.08. The van der Waals surface area contributed by atoms with Crippen LogP contribution in [0.5, 0.6) is 5.75 Å². The number of ether oxygens (including phenoxy) is 1. The molecule has 0 N–H and O–H groups in total. The Hall–Kier alpha value is -1.22. The van der Waals surface area contributed by atoms with Gasteiger partial charge in [-0.05, 0) is 24.4 Å². The first-order valence-corrected chi connectivity index (χ1v) is 5.29. The summed E-state index contributed by atoms with van der Waals surface area (Å²) in [6.45, 7) is 4.02. The Balaban J connectivity index is 2.42. The van der Waals surface area contributed by atoms with E-state index in [0.717, 1.165) is 41.0 Å². The molecule has 0 spiro atoms. The average molecular weight is 226 g/mol. The number of hydrogen-bond donors (Lipinski definition) is 0. The molecule has 80 valence electrons. The molecule has 0 amide bonds. The lowest BCUT2D eigenvalue weighted by Gasteiger charge is -2.10. The van der Waals surface area contributed by atoms with E-state index in [9.17, 15) is 5.21 Å². The first kappa shape index (κ1) is 10.3. The monoisotopic (exact) mass is 225 g/mol. The molecule has 0 saturated carbocycles. The van der Waals surface area contributed by atoms with Gasteiger partial charge in [0.1, 0.15) is 12.4 Å². The van der Waals surface area contributed by atoms with Crippen LogP contribution in [0.15, 0.2) is 18.7 Å². The molecule has 3 nitrogen and oxygen atoms in total. The predicted molar refractivity (Wildman–Crippen MR) is 58.1 cm³/mol. The van der Waals surface area contributed by atoms with Gasteiger partial charge in [0.2, 0.25) is 5.69 Å². The van der Waals surface area contributed by atoms with Crippen molar-refractivity contribution in [3.8, 4) is 5.75 Å². The molecule has 0 atom stereocenters. The highest BCUT2D eigenvalue weighted by molar-refractivity contribution is 6.28. The Morgan fingerprint density at radius 3 is 3.13 bits per heavy atom. The lowest BCUT2D eigenvalue weighted by Crippen LogP contribution is -2.33. The number of halogens is 1. The topological polar surface area (TPSA) is 36.2 Å². The van der Waals surface area contributed by atoms with E-state index in [4.69, 9.17) is 16.3 Å². The Labute approximate surface area is 93.5 Å². The van der Waals surface area contributed by atoms with E-state index in [1.54, 1.807) is 12.1 Å². The van der Waals surface area contributed by atoms with Gasteiger partial charge in [-0.15, -0.1) is 0 Å². The maximum atomic E-state index is 11.6. The first-order valence-electron chi connectivity index (χ1n) is 4.91. The van der Waals surface area contributed by atoms with Crippen LogP contribution in [-0.2, 0) is 12.8 Å². The Bertz CT molecular complexity index is 404. The highest BCUT2D eigenvalue weighted by atomic mass is 35.5. The van der Waals surface area contributed by atoms with Crippen molar-refractivity contribution in [2.45, 2.75) is 19.3 Å². The first-order chi connectivity index (χ1) is 7.24. The summed E-state index contributed by atoms with van der Waals surface area (Å²) < 4.78 is 6.28. The zero-order chi connectivity index (χ0) is 10.8. The number of rotatable bonds is 3. The number of fused-ring (bicyclic) bond motifs is 1. The Kier molecular flexibility index (Phi) is 2.82. The molecule has 2 rings (SSSR count). The van der Waals surface area contributed by atoms with Crippen LogP contribution in [0.3, 0.4) is 0 Å². The second kappa shape index (κ2) is 4.11. The molecule has 1 aliphatic carbocycles. The largest absolute Gasteiger partial charge is 0.617 e. The van der Waals surface area contributed by atoms with Gasteiger partial charge in [-0.2, -0.15) is 4.73 Å². The molecule has 1 aromatic heterocycles. The molecule has 1 aliphatic rings. The summed E-state index contributed by atoms with van der Waals surface area (Å²) in [5.41, 5.74) is 1.75. The van der Waals surface area contributed by atoms with Gasteiger partial charge in [-0.25, -0.2) is 0 Å². The van der Waals surface area contributed by atoms with Gasteiger partial charge in [0.15, 0.2) is 0 Å². The molecule has 0 aliphatic heterocycles. The van der Waals surface area contributed by atoms with Crippen LogP contribution >= 0.6 is 11.6 Å². The highest BCUT2D eigenvalue weighted by Gasteiger charge is 2.26. The molecule has 4 heteroatoms. The van der Waals surface area contributed by atoms with Gasteiger partial charge < -0.3 is 9.94 Å². The van der Waals surface area contributed by atoms with Crippen LogP contribution in [-0.4, -0.2) is 6.61 Å². The molecular formula is C11H12ClNO2. The van der Waals surface area contributed by atoms with Gasteiger partial charge in [-0.3, -0.25) is 0 Å². The summed E-state index contributed by atoms with van der Waals surface area (Å²) in [7, 11) is 0. The van der Waals surface area contributed by atoms with Crippen molar-refractivity contribution < 1.29 is 9.47 Å². The second-order valence-corrected chi connectivity index (χ2v) is 3.89. The minimum Gasteiger partial charge on any atom is -0.617 e. The van der Waals surface area contributed by atoms with Gasteiger partial charge in [-0.1, -0.05) is 12.7 Å². The SMILES string of the molecule is C=CCOc1cc(Cl)[n+]([O-])c2c1CCC2. The van der Waals surface area contributed by atoms with Crippen molar-refractivity contribution in [3.63, 3.8) is 0 Å². The van der Waals surface area contributed by atoms with E-state index < -0.39 is 0 Å². The summed E-state index contributed by atoms with van der Waals surface area (Å²) in [6.07, 6.45) is 4.33. The van der Waals surface area contributed by atoms with Crippen molar-refractivity contribution in [2.24, 2.45) is 0 Å². The smallest absolute Gasteiger partial charge is 0.290 e. The van der Waals surface area contributed by atoms with Crippen molar-refractivity contribution in [1.82, 2.24) is 0 Å². The van der Waals surface area contributed by atoms with Crippen LogP contribution in [0.2, 0.25) is 5.15 Å². The number of pyridine rings is 1. The second-order valence-electron chi connectivity index (χ2n) is 3.50. The molecular weight excluding hydrogens is 214 g/mol. The van der Waals surface area contributed by atoms with Crippen LogP contribution in [0.1, 0.15) is 17.7 Å². The third kappa shape index (κ3) is 1.79. The third-order valence-corrected chi connectivity index (χ3v) is 2.79. The fraction of sp³-hybridized carbons (Fsp3) is 0.364. The van der Waals surface area contributed by atoms with Crippen LogP contribution < -0.4 is 9.47 Å². The maximum Gasteiger partial charge on any atom is 0.290 e. The van der Waals surface area contributed by atoms with Gasteiger partial charge in [0.25, 0.3) is 5.15 Å². The summed E-state index contributed by atoms with van der Waals surface area (Å²) in [5, 5.41) is 11.8. The number of hydrogen-bond acceptors (Lipinski definition) is 2. The summed E-state index contributed by atoms with van der Waals surface area (Å²) in [5.74, 6) is 0.722. The number of aromatic nitrogens is 1.